The second-order valence-electron chi connectivity index (χ2n) is 0.577. The van der Waals surface area contributed by atoms with Crippen molar-refractivity contribution in [2.24, 2.45) is 0 Å². The van der Waals surface area contributed by atoms with Gasteiger partial charge in [-0.3, -0.25) is 4.70 Å². The van der Waals surface area contributed by atoms with E-state index in [0.717, 1.165) is 6.61 Å². The minimum absolute atomic E-state index is 0. The smallest absolute Gasteiger partial charge is 0.0433 e. The summed E-state index contributed by atoms with van der Waals surface area (Å²) in [6.07, 6.45) is 0. The molecule has 0 atom stereocenters. The Kier molecular flexibility index (Phi) is 16.1. The summed E-state index contributed by atoms with van der Waals surface area (Å²) in [5, 5.41) is 0. The lowest BCUT2D eigenvalue weighted by Crippen LogP contribution is -1.73. The van der Waals surface area contributed by atoms with Crippen molar-refractivity contribution in [3.05, 3.63) is 0 Å². The Morgan fingerprint density at radius 1 is 1.60 bits per heavy atom. The Bertz CT molecular complexity index is 8.85. The number of hydrogen-bond donors (Lipinski definition) is 0. The highest BCUT2D eigenvalue weighted by molar-refractivity contribution is 3.94. The number of hydrogen-bond acceptors (Lipinski definition) is 1. The third kappa shape index (κ3) is 17.5. The maximum Gasteiger partial charge on any atom is 0.0433 e. The Labute approximate surface area is 31.3 Å². The van der Waals surface area contributed by atoms with Gasteiger partial charge in [-0.2, -0.15) is 0 Å². The lowest BCUT2D eigenvalue weighted by Gasteiger charge is -1.76. The highest BCUT2D eigenvalue weighted by Gasteiger charge is 1.51. The van der Waals surface area contributed by atoms with Crippen LogP contribution in [0.2, 0.25) is 0 Å². The zero-order chi connectivity index (χ0) is 3.41. The molecule has 1 nitrogen and oxygen atoms in total. The molecule has 0 aromatic rings. The van der Waals surface area contributed by atoms with E-state index in [0.29, 0.717) is 0 Å². The van der Waals surface area contributed by atoms with Crippen molar-refractivity contribution >= 4 is 0 Å². The highest BCUT2D eigenvalue weighted by Crippen LogP contribution is 1.52. The van der Waals surface area contributed by atoms with Crippen LogP contribution in [0, 0.1) is 0 Å². The average molecular weight is 80.1 g/mol. The Balaban J connectivity index is 0. The van der Waals surface area contributed by atoms with E-state index in [4.69, 9.17) is 0 Å². The third-order valence-corrected chi connectivity index (χ3v) is 0.289. The molecule has 0 amide bonds. The monoisotopic (exact) mass is 80.1 g/mol. The minimum atomic E-state index is 0. The van der Waals surface area contributed by atoms with Gasteiger partial charge in [0.15, 0.2) is 0 Å². The summed E-state index contributed by atoms with van der Waals surface area (Å²) in [7, 11) is 1.68. The Morgan fingerprint density at radius 2 is 1.80 bits per heavy atom. The molecule has 5 heavy (non-hydrogen) atoms. The number of ether oxygens (including phenoxy) is 1. The largest absolute Gasteiger partial charge is 0.385 e. The number of methoxy groups -OCH3 is 1. The van der Waals surface area contributed by atoms with Crippen molar-refractivity contribution in [2.75, 3.05) is 13.7 Å². The van der Waals surface area contributed by atoms with E-state index in [1.54, 1.807) is 7.11 Å². The van der Waals surface area contributed by atoms with Gasteiger partial charge in [-0.05, 0) is 6.92 Å². The molecule has 0 fully saturated rings. The first-order valence-corrected chi connectivity index (χ1v) is 1.40. The predicted octanol–water partition coefficient (Wildman–Crippen LogP) is 0.805. The fourth-order valence-corrected chi connectivity index (χ4v) is 0. The van der Waals surface area contributed by atoms with E-state index in [-0.39, 0.29) is 4.70 Å². The standard InChI is InChI=1S/C3H8O.FH/c1-3-4-2;/h3H2,1-2H3;1H. The summed E-state index contributed by atoms with van der Waals surface area (Å²) >= 11 is 0. The van der Waals surface area contributed by atoms with Crippen LogP contribution in [0.4, 0.5) is 4.70 Å². The normalized spacial score (nSPS) is 6.00. The molecule has 0 heterocycles. The predicted molar refractivity (Wildman–Crippen MR) is 20.1 cm³/mol. The van der Waals surface area contributed by atoms with Crippen LogP contribution in [0.5, 0.6) is 0 Å². The summed E-state index contributed by atoms with van der Waals surface area (Å²) < 4.78 is 4.54. The first-order valence-electron chi connectivity index (χ1n) is 1.40. The van der Waals surface area contributed by atoms with E-state index in [9.17, 15) is 0 Å². The average Bonchev–Trinajstić information content (AvgIpc) is 1.37. The fourth-order valence-electron chi connectivity index (χ4n) is 0. The van der Waals surface area contributed by atoms with Crippen molar-refractivity contribution in [2.45, 2.75) is 6.92 Å². The van der Waals surface area contributed by atoms with E-state index in [1.165, 1.54) is 0 Å². The van der Waals surface area contributed by atoms with Crippen molar-refractivity contribution in [3.8, 4) is 0 Å². The van der Waals surface area contributed by atoms with Crippen molar-refractivity contribution in [3.63, 3.8) is 0 Å². The zero-order valence-electron chi connectivity index (χ0n) is 3.52. The molecule has 0 saturated carbocycles. The van der Waals surface area contributed by atoms with Gasteiger partial charge in [0.25, 0.3) is 0 Å². The Morgan fingerprint density at radius 3 is 1.80 bits per heavy atom. The second-order valence-corrected chi connectivity index (χ2v) is 0.577. The summed E-state index contributed by atoms with van der Waals surface area (Å²) in [4.78, 5) is 0. The first-order chi connectivity index (χ1) is 1.91. The maximum atomic E-state index is 4.54. The third-order valence-electron chi connectivity index (χ3n) is 0.289. The van der Waals surface area contributed by atoms with Crippen LogP contribution in [0.25, 0.3) is 0 Å². The molecular weight excluding hydrogens is 71.0 g/mol. The van der Waals surface area contributed by atoms with Gasteiger partial charge in [0, 0.05) is 13.7 Å². The highest BCUT2D eigenvalue weighted by atomic mass is 19.0. The van der Waals surface area contributed by atoms with Crippen LogP contribution in [0.15, 0.2) is 0 Å². The molecule has 0 bridgehead atoms. The van der Waals surface area contributed by atoms with Crippen LogP contribution in [-0.4, -0.2) is 13.7 Å². The molecule has 34 valence electrons. The molecular formula is C3H9FO. The number of rotatable bonds is 1. The van der Waals surface area contributed by atoms with E-state index >= 15 is 0 Å². The van der Waals surface area contributed by atoms with E-state index < -0.39 is 0 Å². The molecule has 0 aliphatic rings. The van der Waals surface area contributed by atoms with Crippen LogP contribution in [0.3, 0.4) is 0 Å². The van der Waals surface area contributed by atoms with Gasteiger partial charge in [0.2, 0.25) is 0 Å². The fraction of sp³-hybridized carbons (Fsp3) is 1.00. The minimum Gasteiger partial charge on any atom is -0.385 e. The summed E-state index contributed by atoms with van der Waals surface area (Å²) in [5.74, 6) is 0. The molecule has 0 spiro atoms. The van der Waals surface area contributed by atoms with Crippen LogP contribution in [-0.2, 0) is 4.74 Å². The second kappa shape index (κ2) is 9.10. The van der Waals surface area contributed by atoms with Gasteiger partial charge < -0.3 is 4.74 Å². The van der Waals surface area contributed by atoms with Gasteiger partial charge in [-0.25, -0.2) is 0 Å². The molecule has 0 unspecified atom stereocenters. The summed E-state index contributed by atoms with van der Waals surface area (Å²) in [5.41, 5.74) is 0. The van der Waals surface area contributed by atoms with Gasteiger partial charge in [0.05, 0.1) is 0 Å². The molecule has 0 saturated heterocycles. The van der Waals surface area contributed by atoms with Gasteiger partial charge >= 0.3 is 0 Å². The van der Waals surface area contributed by atoms with E-state index in [2.05, 4.69) is 4.74 Å². The molecule has 0 radical (unpaired) electrons. The molecule has 0 aromatic carbocycles. The lowest BCUT2D eigenvalue weighted by molar-refractivity contribution is 0.215. The van der Waals surface area contributed by atoms with Crippen LogP contribution >= 0.6 is 0 Å². The lowest BCUT2D eigenvalue weighted by atomic mass is 10.9. The van der Waals surface area contributed by atoms with Crippen LogP contribution in [0.1, 0.15) is 6.92 Å². The zero-order valence-corrected chi connectivity index (χ0v) is 3.52. The summed E-state index contributed by atoms with van der Waals surface area (Å²) in [6.45, 7) is 2.78. The Hall–Kier alpha value is -0.110. The quantitative estimate of drug-likeness (QED) is 0.452. The number of halogens is 1. The van der Waals surface area contributed by atoms with Gasteiger partial charge in [-0.1, -0.05) is 0 Å². The maximum absolute atomic E-state index is 4.54. The molecule has 0 aliphatic heterocycles. The SMILES string of the molecule is CCOC.F. The molecule has 0 aromatic heterocycles. The van der Waals surface area contributed by atoms with Crippen molar-refractivity contribution in [1.82, 2.24) is 0 Å². The van der Waals surface area contributed by atoms with Gasteiger partial charge in [-0.15, -0.1) is 0 Å². The van der Waals surface area contributed by atoms with Gasteiger partial charge in [0.1, 0.15) is 0 Å². The first kappa shape index (κ1) is 8.86. The topological polar surface area (TPSA) is 9.23 Å². The van der Waals surface area contributed by atoms with E-state index in [1.807, 2.05) is 6.92 Å². The molecule has 0 N–H and O–H groups in total. The van der Waals surface area contributed by atoms with Crippen molar-refractivity contribution < 1.29 is 9.44 Å². The van der Waals surface area contributed by atoms with Crippen molar-refractivity contribution in [1.29, 1.82) is 0 Å². The molecule has 0 aliphatic carbocycles. The molecule has 2 heteroatoms. The summed E-state index contributed by atoms with van der Waals surface area (Å²) in [6, 6.07) is 0. The van der Waals surface area contributed by atoms with Crippen LogP contribution < -0.4 is 0 Å². The molecule has 0 rings (SSSR count).